The van der Waals surface area contributed by atoms with Crippen molar-refractivity contribution in [3.63, 3.8) is 0 Å². The average Bonchev–Trinajstić information content (AvgIpc) is 3.09. The van der Waals surface area contributed by atoms with E-state index in [-0.39, 0.29) is 5.41 Å². The van der Waals surface area contributed by atoms with E-state index >= 15 is 0 Å². The van der Waals surface area contributed by atoms with Gasteiger partial charge in [0.15, 0.2) is 0 Å². The number of ketones is 1. The molecule has 3 nitrogen and oxygen atoms in total. The van der Waals surface area contributed by atoms with Crippen molar-refractivity contribution in [1.29, 1.82) is 0 Å². The summed E-state index contributed by atoms with van der Waals surface area (Å²) in [7, 11) is 0. The lowest BCUT2D eigenvalue weighted by Gasteiger charge is -2.58. The molecule has 0 aliphatic heterocycles. The molecule has 0 unspecified atom stereocenters. The van der Waals surface area contributed by atoms with Gasteiger partial charge in [-0.25, -0.2) is 0 Å². The lowest BCUT2D eigenvalue weighted by molar-refractivity contribution is -0.127. The van der Waals surface area contributed by atoms with Gasteiger partial charge in [0.05, 0.1) is 6.54 Å². The highest BCUT2D eigenvalue weighted by Gasteiger charge is 2.59. The molecule has 168 valence electrons. The fourth-order valence-electron chi connectivity index (χ4n) is 8.24. The molecule has 0 aromatic carbocycles. The summed E-state index contributed by atoms with van der Waals surface area (Å²) in [5, 5.41) is 0. The number of carbonyl (C=O) groups is 1. The van der Waals surface area contributed by atoms with Crippen molar-refractivity contribution in [2.24, 2.45) is 39.5 Å². The van der Waals surface area contributed by atoms with Gasteiger partial charge in [-0.2, -0.15) is 0 Å². The Kier molecular flexibility index (Phi) is 6.32. The van der Waals surface area contributed by atoms with Crippen molar-refractivity contribution in [2.45, 2.75) is 86.0 Å². The van der Waals surface area contributed by atoms with E-state index in [1.54, 1.807) is 5.57 Å². The number of Topliss-reactive ketones (excluding diaryl/α,β-unsaturated/α-hetero) is 1. The number of aliphatic imine (C=N–C) groups is 1. The third kappa shape index (κ3) is 3.63. The van der Waals surface area contributed by atoms with E-state index in [1.165, 1.54) is 44.2 Å². The quantitative estimate of drug-likeness (QED) is 0.541. The zero-order valence-electron chi connectivity index (χ0n) is 20.2. The van der Waals surface area contributed by atoms with Crippen LogP contribution in [0.15, 0.2) is 16.6 Å². The highest BCUT2D eigenvalue weighted by molar-refractivity contribution is 5.96. The minimum Gasteiger partial charge on any atom is -0.302 e. The highest BCUT2D eigenvalue weighted by atomic mass is 16.1. The van der Waals surface area contributed by atoms with Crippen molar-refractivity contribution >= 4 is 11.5 Å². The number of likely N-dealkylation sites (N-methyl/N-ethyl adjacent to an activating group) is 1. The van der Waals surface area contributed by atoms with Crippen molar-refractivity contribution in [3.05, 3.63) is 11.6 Å². The van der Waals surface area contributed by atoms with Gasteiger partial charge in [0.2, 0.25) is 0 Å². The van der Waals surface area contributed by atoms with Crippen LogP contribution in [-0.4, -0.2) is 42.6 Å². The topological polar surface area (TPSA) is 32.7 Å². The van der Waals surface area contributed by atoms with Gasteiger partial charge in [0.25, 0.3) is 0 Å². The van der Waals surface area contributed by atoms with Gasteiger partial charge in [-0.1, -0.05) is 33.3 Å². The summed E-state index contributed by atoms with van der Waals surface area (Å²) in [4.78, 5) is 19.8. The Morgan fingerprint density at radius 3 is 2.53 bits per heavy atom. The van der Waals surface area contributed by atoms with E-state index in [4.69, 9.17) is 4.99 Å². The lowest BCUT2D eigenvalue weighted by atomic mass is 9.46. The number of hydrogen-bond acceptors (Lipinski definition) is 3. The fraction of sp³-hybridized carbons (Fsp3) is 0.852. The van der Waals surface area contributed by atoms with E-state index in [9.17, 15) is 4.79 Å². The van der Waals surface area contributed by atoms with Gasteiger partial charge in [-0.05, 0) is 106 Å². The molecule has 3 saturated carbocycles. The van der Waals surface area contributed by atoms with Crippen molar-refractivity contribution in [2.75, 3.05) is 26.2 Å². The molecule has 4 aliphatic carbocycles. The first-order valence-electron chi connectivity index (χ1n) is 12.8. The summed E-state index contributed by atoms with van der Waals surface area (Å²) in [6, 6.07) is 0. The number of fused-ring (bicyclic) bond motifs is 5. The number of allylic oxidation sites excluding steroid dienone is 2. The molecule has 0 heterocycles. The SMILES string of the molecule is CCN(CC)CCN=C1C=C2CC[C@H]3[C@@H]4CC[C@H](C(C)=O)[C@@]4(C)CC[C@@H]3[C@@]2(C)CC1. The maximum atomic E-state index is 12.3. The Morgan fingerprint density at radius 2 is 1.83 bits per heavy atom. The van der Waals surface area contributed by atoms with Crippen LogP contribution < -0.4 is 0 Å². The molecule has 0 amide bonds. The second-order valence-electron chi connectivity index (χ2n) is 11.2. The second-order valence-corrected chi connectivity index (χ2v) is 11.2. The van der Waals surface area contributed by atoms with Gasteiger partial charge >= 0.3 is 0 Å². The molecule has 0 spiro atoms. The van der Waals surface area contributed by atoms with Gasteiger partial charge in [-0.3, -0.25) is 9.79 Å². The molecule has 0 aromatic rings. The molecule has 0 bridgehead atoms. The first-order valence-corrected chi connectivity index (χ1v) is 12.8. The van der Waals surface area contributed by atoms with Gasteiger partial charge in [-0.15, -0.1) is 0 Å². The first kappa shape index (κ1) is 22.2. The van der Waals surface area contributed by atoms with Crippen molar-refractivity contribution in [1.82, 2.24) is 4.90 Å². The average molecular weight is 413 g/mol. The van der Waals surface area contributed by atoms with Crippen LogP contribution in [0.2, 0.25) is 0 Å². The van der Waals surface area contributed by atoms with Crippen molar-refractivity contribution in [3.8, 4) is 0 Å². The largest absolute Gasteiger partial charge is 0.302 e. The molecule has 0 aromatic heterocycles. The first-order chi connectivity index (χ1) is 14.3. The second kappa shape index (κ2) is 8.52. The molecule has 0 N–H and O–H groups in total. The molecule has 3 heteroatoms. The summed E-state index contributed by atoms with van der Waals surface area (Å²) < 4.78 is 0. The predicted octanol–water partition coefficient (Wildman–Crippen LogP) is 5.94. The van der Waals surface area contributed by atoms with Crippen molar-refractivity contribution < 1.29 is 4.79 Å². The van der Waals surface area contributed by atoms with Gasteiger partial charge in [0, 0.05) is 18.2 Å². The molecule has 0 radical (unpaired) electrons. The van der Waals surface area contributed by atoms with Crippen LogP contribution in [-0.2, 0) is 4.79 Å². The summed E-state index contributed by atoms with van der Waals surface area (Å²) in [5.74, 6) is 3.19. The van der Waals surface area contributed by atoms with Crippen LogP contribution in [0.3, 0.4) is 0 Å². The molecule has 30 heavy (non-hydrogen) atoms. The number of hydrogen-bond donors (Lipinski definition) is 0. The minimum atomic E-state index is 0.274. The molecule has 3 fully saturated rings. The summed E-state index contributed by atoms with van der Waals surface area (Å²) in [6.45, 7) is 15.6. The van der Waals surface area contributed by atoms with Crippen LogP contribution in [0.25, 0.3) is 0 Å². The van der Waals surface area contributed by atoms with E-state index in [2.05, 4.69) is 38.7 Å². The fourth-order valence-corrected chi connectivity index (χ4v) is 8.24. The summed E-state index contributed by atoms with van der Waals surface area (Å²) in [6.07, 6.45) is 12.5. The van der Waals surface area contributed by atoms with Gasteiger partial charge in [0.1, 0.15) is 5.78 Å². The third-order valence-corrected chi connectivity index (χ3v) is 10.1. The maximum Gasteiger partial charge on any atom is 0.133 e. The maximum absolute atomic E-state index is 12.3. The Hall–Kier alpha value is -0.960. The Bertz CT molecular complexity index is 720. The van der Waals surface area contributed by atoms with Crippen LogP contribution in [0, 0.1) is 34.5 Å². The summed E-state index contributed by atoms with van der Waals surface area (Å²) >= 11 is 0. The Morgan fingerprint density at radius 1 is 1.07 bits per heavy atom. The van der Waals surface area contributed by atoms with E-state index in [0.29, 0.717) is 17.1 Å². The monoisotopic (exact) mass is 412 g/mol. The van der Waals surface area contributed by atoms with Crippen LogP contribution >= 0.6 is 0 Å². The molecular formula is C27H44N2O. The normalized spacial score (nSPS) is 41.9. The third-order valence-electron chi connectivity index (χ3n) is 10.1. The zero-order chi connectivity index (χ0) is 21.5. The molecule has 4 aliphatic rings. The van der Waals surface area contributed by atoms with Gasteiger partial charge < -0.3 is 4.90 Å². The standard InChI is InChI=1S/C27H44N2O/c1-6-29(7-2)17-16-28-21-12-14-26(4)20(18-21)8-9-22-24-11-10-23(19(3)30)27(24,5)15-13-25(22)26/h18,22-25H,6-17H2,1-5H3/t22-,23+,24-,25-,26-,27+/m0/s1. The molecule has 6 atom stereocenters. The van der Waals surface area contributed by atoms with E-state index < -0.39 is 0 Å². The lowest BCUT2D eigenvalue weighted by Crippen LogP contribution is -2.51. The minimum absolute atomic E-state index is 0.274. The van der Waals surface area contributed by atoms with Crippen LogP contribution in [0.4, 0.5) is 0 Å². The number of carbonyl (C=O) groups excluding carboxylic acids is 1. The number of nitrogens with zero attached hydrogens (tertiary/aromatic N) is 2. The zero-order valence-corrected chi connectivity index (χ0v) is 20.2. The molecule has 4 rings (SSSR count). The van der Waals surface area contributed by atoms with Crippen LogP contribution in [0.5, 0.6) is 0 Å². The molecule has 0 saturated heterocycles. The number of rotatable bonds is 6. The van der Waals surface area contributed by atoms with E-state index in [1.807, 2.05) is 6.92 Å². The van der Waals surface area contributed by atoms with E-state index in [0.717, 1.165) is 56.8 Å². The Labute approximate surface area is 184 Å². The highest BCUT2D eigenvalue weighted by Crippen LogP contribution is 2.66. The molecular weight excluding hydrogens is 368 g/mol. The smallest absolute Gasteiger partial charge is 0.133 e. The Balaban J connectivity index is 1.49. The summed E-state index contributed by atoms with van der Waals surface area (Å²) in [5.41, 5.74) is 3.69. The van der Waals surface area contributed by atoms with Crippen LogP contribution in [0.1, 0.15) is 86.0 Å². The predicted molar refractivity (Wildman–Crippen MR) is 126 cm³/mol.